The molecule has 3 rings (SSSR count). The number of hydrogen-bond acceptors (Lipinski definition) is 4. The van der Waals surface area contributed by atoms with Crippen molar-refractivity contribution < 1.29 is 14.3 Å². The molecule has 0 radical (unpaired) electrons. The van der Waals surface area contributed by atoms with Crippen LogP contribution in [0.1, 0.15) is 49.8 Å². The van der Waals surface area contributed by atoms with Crippen molar-refractivity contribution in [2.24, 2.45) is 17.8 Å². The van der Waals surface area contributed by atoms with Crippen LogP contribution in [0.15, 0.2) is 27.4 Å². The van der Waals surface area contributed by atoms with E-state index in [0.717, 1.165) is 0 Å². The molecule has 4 atom stereocenters. The van der Waals surface area contributed by atoms with Crippen LogP contribution in [0.4, 0.5) is 0 Å². The van der Waals surface area contributed by atoms with Crippen LogP contribution in [0.5, 0.6) is 5.75 Å². The van der Waals surface area contributed by atoms with Crippen LogP contribution in [0.25, 0.3) is 0 Å². The molecule has 120 valence electrons. The Bertz CT molecular complexity index is 616. The van der Waals surface area contributed by atoms with Gasteiger partial charge in [0.15, 0.2) is 0 Å². The minimum absolute atomic E-state index is 0.199. The minimum atomic E-state index is -0.481. The first kappa shape index (κ1) is 15.3. The van der Waals surface area contributed by atoms with Gasteiger partial charge in [0, 0.05) is 12.0 Å². The van der Waals surface area contributed by atoms with Gasteiger partial charge >= 0.3 is 5.63 Å². The number of hydrogen-bond donors (Lipinski definition) is 1. The number of ether oxygens (including phenoxy) is 1. The zero-order valence-electron chi connectivity index (χ0n) is 13.2. The predicted molar refractivity (Wildman–Crippen MR) is 83.9 cm³/mol. The van der Waals surface area contributed by atoms with Gasteiger partial charge in [-0.15, -0.1) is 0 Å². The Morgan fingerprint density at radius 1 is 1.32 bits per heavy atom. The van der Waals surface area contributed by atoms with E-state index in [4.69, 9.17) is 9.15 Å². The zero-order valence-corrected chi connectivity index (χ0v) is 13.2. The van der Waals surface area contributed by atoms with E-state index in [-0.39, 0.29) is 18.1 Å². The van der Waals surface area contributed by atoms with E-state index in [1.165, 1.54) is 32.8 Å². The molecule has 4 nitrogen and oxygen atoms in total. The highest BCUT2D eigenvalue weighted by Crippen LogP contribution is 2.48. The lowest BCUT2D eigenvalue weighted by atomic mass is 9.64. The van der Waals surface area contributed by atoms with Crippen molar-refractivity contribution in [3.05, 3.63) is 40.0 Å². The Balaban J connectivity index is 2.03. The molecule has 0 saturated heterocycles. The Morgan fingerprint density at radius 3 is 2.82 bits per heavy atom. The first-order chi connectivity index (χ1) is 10.7. The molecule has 0 spiro atoms. The van der Waals surface area contributed by atoms with Crippen molar-refractivity contribution >= 4 is 0 Å². The van der Waals surface area contributed by atoms with Crippen LogP contribution >= 0.6 is 0 Å². The quantitative estimate of drug-likeness (QED) is 0.871. The summed E-state index contributed by atoms with van der Waals surface area (Å²) in [5, 5.41) is 9.32. The van der Waals surface area contributed by atoms with Gasteiger partial charge in [0.05, 0.1) is 13.7 Å². The van der Waals surface area contributed by atoms with Crippen molar-refractivity contribution in [3.8, 4) is 5.75 Å². The average molecular weight is 304 g/mol. The summed E-state index contributed by atoms with van der Waals surface area (Å²) in [5.74, 6) is 2.80. The van der Waals surface area contributed by atoms with Gasteiger partial charge in [-0.3, -0.25) is 0 Å². The van der Waals surface area contributed by atoms with Gasteiger partial charge < -0.3 is 14.3 Å². The van der Waals surface area contributed by atoms with Gasteiger partial charge in [-0.05, 0) is 30.6 Å². The summed E-state index contributed by atoms with van der Waals surface area (Å²) in [7, 11) is 1.52. The molecule has 1 saturated carbocycles. The monoisotopic (exact) mass is 304 g/mol. The van der Waals surface area contributed by atoms with Crippen molar-refractivity contribution in [1.82, 2.24) is 0 Å². The van der Waals surface area contributed by atoms with Crippen molar-refractivity contribution in [2.75, 3.05) is 7.11 Å². The lowest BCUT2D eigenvalue weighted by Crippen LogP contribution is -2.31. The Morgan fingerprint density at radius 2 is 2.09 bits per heavy atom. The van der Waals surface area contributed by atoms with Crippen LogP contribution in [0, 0.1) is 17.8 Å². The number of rotatable bonds is 3. The highest BCUT2D eigenvalue weighted by Gasteiger charge is 2.38. The number of methoxy groups -OCH3 is 1. The molecule has 0 amide bonds. The first-order valence-electron chi connectivity index (χ1n) is 8.15. The van der Waals surface area contributed by atoms with E-state index in [2.05, 4.69) is 19.1 Å². The van der Waals surface area contributed by atoms with Crippen molar-refractivity contribution in [1.29, 1.82) is 0 Å². The van der Waals surface area contributed by atoms with Gasteiger partial charge in [-0.1, -0.05) is 31.9 Å². The lowest BCUT2D eigenvalue weighted by Gasteiger charge is -2.40. The van der Waals surface area contributed by atoms with Crippen LogP contribution < -0.4 is 10.4 Å². The fourth-order valence-corrected chi connectivity index (χ4v) is 4.17. The maximum absolute atomic E-state index is 12.1. The van der Waals surface area contributed by atoms with E-state index in [1.807, 2.05) is 0 Å². The lowest BCUT2D eigenvalue weighted by molar-refractivity contribution is 0.177. The van der Waals surface area contributed by atoms with Crippen LogP contribution in [0.2, 0.25) is 0 Å². The first-order valence-corrected chi connectivity index (χ1v) is 8.15. The highest BCUT2D eigenvalue weighted by atomic mass is 16.5. The van der Waals surface area contributed by atoms with Crippen molar-refractivity contribution in [2.45, 2.75) is 45.1 Å². The van der Waals surface area contributed by atoms with E-state index >= 15 is 0 Å². The molecular weight excluding hydrogens is 280 g/mol. The van der Waals surface area contributed by atoms with Gasteiger partial charge in [0.25, 0.3) is 0 Å². The van der Waals surface area contributed by atoms with Crippen molar-refractivity contribution in [3.63, 3.8) is 0 Å². The zero-order chi connectivity index (χ0) is 15.7. The second-order valence-corrected chi connectivity index (χ2v) is 6.52. The number of aliphatic hydroxyl groups is 1. The van der Waals surface area contributed by atoms with Gasteiger partial charge in [-0.25, -0.2) is 4.79 Å². The Hall–Kier alpha value is -1.55. The Kier molecular flexibility index (Phi) is 4.39. The molecule has 1 aromatic heterocycles. The van der Waals surface area contributed by atoms with E-state index in [0.29, 0.717) is 29.3 Å². The molecule has 22 heavy (non-hydrogen) atoms. The second-order valence-electron chi connectivity index (χ2n) is 6.52. The fourth-order valence-electron chi connectivity index (χ4n) is 4.17. The summed E-state index contributed by atoms with van der Waals surface area (Å²) in [6.45, 7) is 1.82. The smallest absolute Gasteiger partial charge is 0.345 e. The number of allylic oxidation sites excluding steroid dienone is 2. The van der Waals surface area contributed by atoms with E-state index < -0.39 is 5.63 Å². The highest BCUT2D eigenvalue weighted by molar-refractivity contribution is 5.33. The number of aliphatic hydroxyl groups excluding tert-OH is 1. The standard InChI is InChI=1S/C18H24O4/c1-11-7-8-12-5-3-4-6-13(12)17(11)16-9-15(21-2)14(10-19)18(20)22-16/h7-9,11-13,17,19H,3-6,10H2,1-2H3/t11-,12+,13+,17-/m1/s1. The van der Waals surface area contributed by atoms with E-state index in [9.17, 15) is 9.90 Å². The predicted octanol–water partition coefficient (Wildman–Crippen LogP) is 3.24. The molecule has 1 N–H and O–H groups in total. The molecular formula is C18H24O4. The molecule has 1 heterocycles. The third-order valence-corrected chi connectivity index (χ3v) is 5.30. The molecule has 2 aliphatic rings. The molecule has 4 heteroatoms. The molecule has 0 bridgehead atoms. The van der Waals surface area contributed by atoms with E-state index in [1.54, 1.807) is 6.07 Å². The summed E-state index contributed by atoms with van der Waals surface area (Å²) < 4.78 is 10.9. The van der Waals surface area contributed by atoms with Crippen LogP contribution in [-0.2, 0) is 6.61 Å². The average Bonchev–Trinajstić information content (AvgIpc) is 2.53. The third-order valence-electron chi connectivity index (χ3n) is 5.30. The Labute approximate surface area is 130 Å². The molecule has 0 aromatic carbocycles. The SMILES string of the molecule is COc1cc([C@H]2[C@H]3CCCC[C@H]3C=C[C@H]2C)oc(=O)c1CO. The summed E-state index contributed by atoms with van der Waals surface area (Å²) in [6, 6.07) is 1.80. The summed E-state index contributed by atoms with van der Waals surface area (Å²) in [6.07, 6.45) is 9.53. The molecule has 2 aliphatic carbocycles. The second kappa shape index (κ2) is 6.29. The molecule has 0 unspecified atom stereocenters. The normalized spacial score (nSPS) is 30.9. The molecule has 1 aromatic rings. The minimum Gasteiger partial charge on any atom is -0.496 e. The maximum Gasteiger partial charge on any atom is 0.345 e. The van der Waals surface area contributed by atoms with Crippen LogP contribution in [-0.4, -0.2) is 12.2 Å². The number of fused-ring (bicyclic) bond motifs is 1. The third kappa shape index (κ3) is 2.60. The molecule has 0 aliphatic heterocycles. The summed E-state index contributed by atoms with van der Waals surface area (Å²) in [5.41, 5.74) is -0.281. The largest absolute Gasteiger partial charge is 0.496 e. The van der Waals surface area contributed by atoms with Gasteiger partial charge in [-0.2, -0.15) is 0 Å². The topological polar surface area (TPSA) is 59.7 Å². The summed E-state index contributed by atoms with van der Waals surface area (Å²) in [4.78, 5) is 12.1. The van der Waals surface area contributed by atoms with Gasteiger partial charge in [0.2, 0.25) is 0 Å². The van der Waals surface area contributed by atoms with Gasteiger partial charge in [0.1, 0.15) is 17.1 Å². The summed E-state index contributed by atoms with van der Waals surface area (Å²) >= 11 is 0. The van der Waals surface area contributed by atoms with Crippen LogP contribution in [0.3, 0.4) is 0 Å². The maximum atomic E-state index is 12.1. The fraction of sp³-hybridized carbons (Fsp3) is 0.611. The molecule has 1 fully saturated rings.